The van der Waals surface area contributed by atoms with E-state index in [1.807, 2.05) is 20.8 Å². The van der Waals surface area contributed by atoms with E-state index in [0.29, 0.717) is 24.5 Å². The molecule has 1 atom stereocenters. The molecule has 3 aromatic rings. The van der Waals surface area contributed by atoms with Crippen molar-refractivity contribution in [1.29, 1.82) is 0 Å². The van der Waals surface area contributed by atoms with Crippen LogP contribution in [0.3, 0.4) is 0 Å². The van der Waals surface area contributed by atoms with Crippen molar-refractivity contribution >= 4 is 45.0 Å². The SMILES string of the molecule is CCNC(=O)c1ccc(Cl)c(C2(C)C(=O)N(S(=O)(=O)c3ccc(C(=O)NC(C)(C)C)c(OC)c3)c3ccc(OCC)cc32)c1. The third-order valence-corrected chi connectivity index (χ3v) is 9.22. The number of halogens is 1. The van der Waals surface area contributed by atoms with E-state index in [0.717, 1.165) is 4.31 Å². The van der Waals surface area contributed by atoms with Crippen LogP contribution in [-0.2, 0) is 20.2 Å². The Morgan fingerprint density at radius 3 is 2.30 bits per heavy atom. The van der Waals surface area contributed by atoms with Crippen molar-refractivity contribution in [3.8, 4) is 11.5 Å². The molecule has 10 nitrogen and oxygen atoms in total. The summed E-state index contributed by atoms with van der Waals surface area (Å²) in [5.74, 6) is -1.17. The normalized spacial score (nSPS) is 16.4. The van der Waals surface area contributed by atoms with Crippen LogP contribution in [0.5, 0.6) is 11.5 Å². The van der Waals surface area contributed by atoms with Gasteiger partial charge in [-0.1, -0.05) is 11.6 Å². The molecule has 0 saturated carbocycles. The minimum Gasteiger partial charge on any atom is -0.496 e. The minimum absolute atomic E-state index is 0.0202. The van der Waals surface area contributed by atoms with E-state index in [9.17, 15) is 22.8 Å². The van der Waals surface area contributed by atoms with E-state index in [4.69, 9.17) is 21.1 Å². The smallest absolute Gasteiger partial charge is 0.271 e. The monoisotopic (exact) mass is 641 g/mol. The summed E-state index contributed by atoms with van der Waals surface area (Å²) in [4.78, 5) is 39.8. The summed E-state index contributed by atoms with van der Waals surface area (Å²) in [6.45, 7) is 11.3. The fourth-order valence-corrected chi connectivity index (χ4v) is 6.95. The number of rotatable bonds is 9. The number of ether oxygens (including phenoxy) is 2. The Hall–Kier alpha value is -4.09. The maximum absolute atomic E-state index is 14.5. The highest BCUT2D eigenvalue weighted by atomic mass is 35.5. The summed E-state index contributed by atoms with van der Waals surface area (Å²) in [6, 6.07) is 13.1. The Bertz CT molecular complexity index is 1750. The van der Waals surface area contributed by atoms with E-state index in [2.05, 4.69) is 10.6 Å². The first kappa shape index (κ1) is 32.8. The fourth-order valence-electron chi connectivity index (χ4n) is 5.12. The predicted molar refractivity (Wildman–Crippen MR) is 168 cm³/mol. The molecule has 4 rings (SSSR count). The molecule has 234 valence electrons. The van der Waals surface area contributed by atoms with E-state index in [-0.39, 0.29) is 44.0 Å². The van der Waals surface area contributed by atoms with Crippen LogP contribution in [0.15, 0.2) is 59.5 Å². The molecule has 0 bridgehead atoms. The van der Waals surface area contributed by atoms with Gasteiger partial charge in [-0.3, -0.25) is 14.4 Å². The lowest BCUT2D eigenvalue weighted by Gasteiger charge is -2.26. The van der Waals surface area contributed by atoms with Crippen molar-refractivity contribution in [2.45, 2.75) is 57.4 Å². The first-order chi connectivity index (χ1) is 20.6. The van der Waals surface area contributed by atoms with Crippen LogP contribution in [0.4, 0.5) is 5.69 Å². The third-order valence-electron chi connectivity index (χ3n) is 7.20. The average Bonchev–Trinajstić information content (AvgIpc) is 3.19. The Morgan fingerprint density at radius 2 is 1.68 bits per heavy atom. The maximum atomic E-state index is 14.5. The summed E-state index contributed by atoms with van der Waals surface area (Å²) in [7, 11) is -3.23. The summed E-state index contributed by atoms with van der Waals surface area (Å²) < 4.78 is 40.4. The molecule has 0 spiro atoms. The molecular formula is C32H36ClN3O7S. The molecule has 12 heteroatoms. The van der Waals surface area contributed by atoms with Gasteiger partial charge in [0.25, 0.3) is 27.7 Å². The highest BCUT2D eigenvalue weighted by Crippen LogP contribution is 2.51. The van der Waals surface area contributed by atoms with Gasteiger partial charge in [-0.2, -0.15) is 0 Å². The van der Waals surface area contributed by atoms with Gasteiger partial charge in [0.15, 0.2) is 0 Å². The summed E-state index contributed by atoms with van der Waals surface area (Å²) in [6.07, 6.45) is 0. The van der Waals surface area contributed by atoms with Gasteiger partial charge in [0, 0.05) is 34.3 Å². The summed E-state index contributed by atoms with van der Waals surface area (Å²) in [5.41, 5.74) is -1.07. The average molecular weight is 642 g/mol. The number of nitrogens with one attached hydrogen (secondary N) is 2. The molecule has 1 unspecified atom stereocenters. The predicted octanol–water partition coefficient (Wildman–Crippen LogP) is 5.07. The molecular weight excluding hydrogens is 606 g/mol. The number of fused-ring (bicyclic) bond motifs is 1. The van der Waals surface area contributed by atoms with Gasteiger partial charge in [0.1, 0.15) is 16.9 Å². The van der Waals surface area contributed by atoms with Crippen LogP contribution >= 0.6 is 11.6 Å². The maximum Gasteiger partial charge on any atom is 0.271 e. The Morgan fingerprint density at radius 1 is 0.977 bits per heavy atom. The van der Waals surface area contributed by atoms with Crippen LogP contribution in [-0.4, -0.2) is 51.9 Å². The van der Waals surface area contributed by atoms with Crippen LogP contribution in [0.2, 0.25) is 5.02 Å². The second-order valence-corrected chi connectivity index (χ2v) is 13.6. The van der Waals surface area contributed by atoms with E-state index in [1.54, 1.807) is 32.9 Å². The number of anilines is 1. The third kappa shape index (κ3) is 5.86. The zero-order valence-electron chi connectivity index (χ0n) is 25.7. The topological polar surface area (TPSA) is 131 Å². The number of carbonyl (C=O) groups is 3. The van der Waals surface area contributed by atoms with Crippen molar-refractivity contribution in [2.75, 3.05) is 24.6 Å². The second kappa shape index (κ2) is 12.1. The van der Waals surface area contributed by atoms with Crippen LogP contribution in [0.25, 0.3) is 0 Å². The first-order valence-electron chi connectivity index (χ1n) is 14.1. The number of sulfonamides is 1. The van der Waals surface area contributed by atoms with Crippen molar-refractivity contribution < 1.29 is 32.3 Å². The van der Waals surface area contributed by atoms with Crippen LogP contribution in [0, 0.1) is 0 Å². The molecule has 2 N–H and O–H groups in total. The van der Waals surface area contributed by atoms with E-state index < -0.39 is 32.8 Å². The summed E-state index contributed by atoms with van der Waals surface area (Å²) in [5, 5.41) is 5.73. The number of hydrogen-bond donors (Lipinski definition) is 2. The Kier molecular flexibility index (Phi) is 9.04. The fraction of sp³-hybridized carbons (Fsp3) is 0.344. The van der Waals surface area contributed by atoms with Crippen LogP contribution in [0.1, 0.15) is 73.4 Å². The van der Waals surface area contributed by atoms with Crippen LogP contribution < -0.4 is 24.4 Å². The molecule has 0 aromatic heterocycles. The van der Waals surface area contributed by atoms with Gasteiger partial charge in [-0.15, -0.1) is 0 Å². The van der Waals surface area contributed by atoms with Crippen molar-refractivity contribution in [3.05, 3.63) is 81.9 Å². The molecule has 44 heavy (non-hydrogen) atoms. The number of amides is 3. The lowest BCUT2D eigenvalue weighted by molar-refractivity contribution is -0.120. The van der Waals surface area contributed by atoms with E-state index in [1.165, 1.54) is 49.6 Å². The number of methoxy groups -OCH3 is 1. The van der Waals surface area contributed by atoms with Gasteiger partial charge >= 0.3 is 0 Å². The second-order valence-electron chi connectivity index (χ2n) is 11.4. The highest BCUT2D eigenvalue weighted by Gasteiger charge is 2.54. The van der Waals surface area contributed by atoms with Gasteiger partial charge in [-0.05, 0) is 95.6 Å². The molecule has 0 aliphatic carbocycles. The molecule has 3 amide bonds. The number of carbonyl (C=O) groups excluding carboxylic acids is 3. The van der Waals surface area contributed by atoms with Gasteiger partial charge in [-0.25, -0.2) is 12.7 Å². The number of benzene rings is 3. The molecule has 1 aliphatic rings. The Balaban J connectivity index is 1.90. The minimum atomic E-state index is -4.55. The van der Waals surface area contributed by atoms with Gasteiger partial charge < -0.3 is 20.1 Å². The quantitative estimate of drug-likeness (QED) is 0.334. The van der Waals surface area contributed by atoms with Gasteiger partial charge in [0.05, 0.1) is 29.9 Å². The summed E-state index contributed by atoms with van der Waals surface area (Å²) >= 11 is 6.65. The molecule has 1 heterocycles. The molecule has 0 saturated heterocycles. The lowest BCUT2D eigenvalue weighted by Crippen LogP contribution is -2.42. The lowest BCUT2D eigenvalue weighted by atomic mass is 9.76. The van der Waals surface area contributed by atoms with Gasteiger partial charge in [0.2, 0.25) is 0 Å². The molecule has 0 radical (unpaired) electrons. The molecule has 1 aliphatic heterocycles. The van der Waals surface area contributed by atoms with E-state index >= 15 is 0 Å². The number of hydrogen-bond acceptors (Lipinski definition) is 7. The standard InChI is InChI=1S/C32H36ClN3O7S/c1-8-34-28(37)19-10-14-25(33)23(16-19)32(6)24-17-20(43-9-2)11-15-26(24)36(30(32)39)44(40,41)21-12-13-22(27(18-21)42-7)29(38)35-31(3,4)5/h10-18H,8-9H2,1-7H3,(H,34,37)(H,35,38). The zero-order chi connectivity index (χ0) is 32.6. The largest absolute Gasteiger partial charge is 0.496 e. The molecule has 0 fully saturated rings. The van der Waals surface area contributed by atoms with Crippen molar-refractivity contribution in [2.24, 2.45) is 0 Å². The molecule has 3 aromatic carbocycles. The van der Waals surface area contributed by atoms with Crippen molar-refractivity contribution in [1.82, 2.24) is 10.6 Å². The van der Waals surface area contributed by atoms with Crippen molar-refractivity contribution in [3.63, 3.8) is 0 Å². The number of nitrogens with zero attached hydrogens (tertiary/aromatic N) is 1. The first-order valence-corrected chi connectivity index (χ1v) is 15.9. The Labute approximate surface area is 262 Å². The highest BCUT2D eigenvalue weighted by molar-refractivity contribution is 7.93. The zero-order valence-corrected chi connectivity index (χ0v) is 27.3.